The molecule has 1 amide bonds. The maximum Gasteiger partial charge on any atom is 0.417 e. The predicted octanol–water partition coefficient (Wildman–Crippen LogP) is 3.71. The van der Waals surface area contributed by atoms with Gasteiger partial charge in [-0.25, -0.2) is 4.39 Å². The van der Waals surface area contributed by atoms with E-state index in [1.165, 1.54) is 13.2 Å². The average molecular weight is 464 g/mol. The van der Waals surface area contributed by atoms with Crippen molar-refractivity contribution >= 4 is 11.7 Å². The van der Waals surface area contributed by atoms with Crippen LogP contribution in [-0.2, 0) is 9.53 Å². The molecule has 1 aliphatic heterocycles. The minimum Gasteiger partial charge on any atom is -0.488 e. The zero-order valence-electron chi connectivity index (χ0n) is 17.3. The number of nitrogens with one attached hydrogen (secondary N) is 1. The number of aliphatic hydroxyl groups excluding tert-OH is 1. The summed E-state index contributed by atoms with van der Waals surface area (Å²) in [6.45, 7) is 2.54. The minimum absolute atomic E-state index is 0.0207. The van der Waals surface area contributed by atoms with E-state index in [-0.39, 0.29) is 11.4 Å². The van der Waals surface area contributed by atoms with E-state index in [0.29, 0.717) is 5.56 Å². The quantitative estimate of drug-likeness (QED) is 0.634. The van der Waals surface area contributed by atoms with Gasteiger partial charge in [0, 0.05) is 23.0 Å². The Morgan fingerprint density at radius 3 is 2.59 bits per heavy atom. The lowest BCUT2D eigenvalue weighted by molar-refractivity contribution is -0.272. The number of amides is 1. The van der Waals surface area contributed by atoms with Crippen molar-refractivity contribution in [3.63, 3.8) is 0 Å². The molecule has 2 aromatic rings. The highest BCUT2D eigenvalue weighted by atomic mass is 19.4. The number of benzene rings is 1. The fourth-order valence-electron chi connectivity index (χ4n) is 3.72. The van der Waals surface area contributed by atoms with E-state index in [9.17, 15) is 26.7 Å². The van der Waals surface area contributed by atoms with Crippen LogP contribution < -0.4 is 10.1 Å². The number of ether oxygens (including phenoxy) is 2. The number of carbonyl (C=O) groups is 1. The van der Waals surface area contributed by atoms with Gasteiger partial charge in [0.15, 0.2) is 23.0 Å². The molecule has 1 fully saturated rings. The molecule has 1 aromatic carbocycles. The van der Waals surface area contributed by atoms with Crippen molar-refractivity contribution in [2.75, 3.05) is 18.5 Å². The number of rotatable bonds is 6. The van der Waals surface area contributed by atoms with Crippen LogP contribution >= 0.6 is 0 Å². The van der Waals surface area contributed by atoms with Gasteiger partial charge in [0.05, 0.1) is 6.61 Å². The van der Waals surface area contributed by atoms with Crippen LogP contribution in [0, 0.1) is 24.5 Å². The molecule has 12 heteroatoms. The Morgan fingerprint density at radius 1 is 1.34 bits per heavy atom. The number of nitrogens with zero attached hydrogens (tertiary/aromatic N) is 1. The summed E-state index contributed by atoms with van der Waals surface area (Å²) in [4.78, 5) is 13.0. The first kappa shape index (κ1) is 23.9. The third kappa shape index (κ3) is 4.04. The Kier molecular flexibility index (Phi) is 6.47. The fraction of sp³-hybridized carbons (Fsp3) is 0.500. The Hall–Kier alpha value is -2.73. The van der Waals surface area contributed by atoms with Gasteiger partial charge in [0.1, 0.15) is 19.0 Å². The monoisotopic (exact) mass is 464 g/mol. The number of aliphatic hydroxyl groups is 1. The first-order chi connectivity index (χ1) is 14.9. The van der Waals surface area contributed by atoms with Gasteiger partial charge < -0.3 is 24.4 Å². The molecule has 0 unspecified atom stereocenters. The summed E-state index contributed by atoms with van der Waals surface area (Å²) in [6, 6.07) is 1.77. The second kappa shape index (κ2) is 8.66. The largest absolute Gasteiger partial charge is 0.488 e. The van der Waals surface area contributed by atoms with Crippen molar-refractivity contribution in [2.24, 2.45) is 5.92 Å². The maximum atomic E-state index is 14.5. The van der Waals surface area contributed by atoms with Crippen LogP contribution in [0.25, 0.3) is 0 Å². The zero-order valence-corrected chi connectivity index (χ0v) is 17.3. The molecule has 1 aromatic heterocycles. The molecule has 2 heterocycles. The summed E-state index contributed by atoms with van der Waals surface area (Å²) in [6.07, 6.45) is -5.41. The Morgan fingerprint density at radius 2 is 2.03 bits per heavy atom. The summed E-state index contributed by atoms with van der Waals surface area (Å²) in [5.41, 5.74) is -2.56. The highest BCUT2D eigenvalue weighted by molar-refractivity contribution is 5.95. The molecule has 176 valence electrons. The topological polar surface area (TPSA) is 93.8 Å². The second-order valence-corrected chi connectivity index (χ2v) is 7.64. The lowest BCUT2D eigenvalue weighted by Crippen LogP contribution is -2.47. The highest BCUT2D eigenvalue weighted by Gasteiger charge is 2.66. The molecule has 4 atom stereocenters. The molecule has 7 nitrogen and oxygen atoms in total. The van der Waals surface area contributed by atoms with Gasteiger partial charge in [-0.05, 0) is 19.9 Å². The van der Waals surface area contributed by atoms with E-state index in [4.69, 9.17) is 19.1 Å². The van der Waals surface area contributed by atoms with Crippen molar-refractivity contribution in [3.8, 4) is 5.75 Å². The van der Waals surface area contributed by atoms with Gasteiger partial charge in [-0.1, -0.05) is 18.1 Å². The van der Waals surface area contributed by atoms with Crippen molar-refractivity contribution in [1.82, 2.24) is 5.16 Å². The van der Waals surface area contributed by atoms with E-state index < -0.39 is 66.2 Å². The van der Waals surface area contributed by atoms with Gasteiger partial charge in [-0.2, -0.15) is 17.6 Å². The van der Waals surface area contributed by atoms with Gasteiger partial charge in [0.2, 0.25) is 5.82 Å². The summed E-state index contributed by atoms with van der Waals surface area (Å²) < 4.78 is 85.2. The highest BCUT2D eigenvalue weighted by Crippen LogP contribution is 2.55. The van der Waals surface area contributed by atoms with E-state index in [1.807, 2.05) is 0 Å². The summed E-state index contributed by atoms with van der Waals surface area (Å²) in [5.74, 6) is -7.23. The van der Waals surface area contributed by atoms with Crippen LogP contribution in [0.1, 0.15) is 30.9 Å². The molecule has 3 rings (SSSR count). The number of aryl methyl sites for hydroxylation is 1. The van der Waals surface area contributed by atoms with Gasteiger partial charge in [0.25, 0.3) is 5.91 Å². The van der Waals surface area contributed by atoms with Crippen molar-refractivity contribution < 1.29 is 45.8 Å². The minimum atomic E-state index is -4.88. The third-order valence-electron chi connectivity index (χ3n) is 5.69. The van der Waals surface area contributed by atoms with E-state index in [0.717, 1.165) is 19.1 Å². The van der Waals surface area contributed by atoms with Crippen LogP contribution in [0.4, 0.5) is 27.8 Å². The molecular weight excluding hydrogens is 443 g/mol. The number of anilines is 1. The van der Waals surface area contributed by atoms with Gasteiger partial charge >= 0.3 is 6.18 Å². The Balaban J connectivity index is 2.10. The molecule has 1 aliphatic rings. The molecule has 0 radical (unpaired) electrons. The molecular formula is C20H21F5N2O5. The number of carbonyl (C=O) groups excluding carboxylic acids is 1. The fourth-order valence-corrected chi connectivity index (χ4v) is 3.72. The number of alkyl halides is 3. The van der Waals surface area contributed by atoms with E-state index in [1.54, 1.807) is 6.92 Å². The summed E-state index contributed by atoms with van der Waals surface area (Å²) in [5, 5.41) is 14.9. The third-order valence-corrected chi connectivity index (χ3v) is 5.69. The van der Waals surface area contributed by atoms with Crippen molar-refractivity contribution in [2.45, 2.75) is 44.6 Å². The normalized spacial score (nSPS) is 25.7. The predicted molar refractivity (Wildman–Crippen MR) is 100 cm³/mol. The molecule has 0 aliphatic carbocycles. The first-order valence-electron chi connectivity index (χ1n) is 9.60. The molecule has 0 bridgehead atoms. The van der Waals surface area contributed by atoms with Crippen LogP contribution in [0.15, 0.2) is 22.9 Å². The van der Waals surface area contributed by atoms with Crippen LogP contribution in [0.5, 0.6) is 5.75 Å². The molecule has 2 N–H and O–H groups in total. The van der Waals surface area contributed by atoms with Crippen LogP contribution in [0.2, 0.25) is 0 Å². The lowest BCUT2D eigenvalue weighted by atomic mass is 9.77. The van der Waals surface area contributed by atoms with Crippen molar-refractivity contribution in [3.05, 3.63) is 41.2 Å². The van der Waals surface area contributed by atoms with Gasteiger partial charge in [-0.3, -0.25) is 4.79 Å². The zero-order chi connectivity index (χ0) is 23.8. The average Bonchev–Trinajstić information content (AvgIpc) is 3.24. The van der Waals surface area contributed by atoms with Gasteiger partial charge in [-0.15, -0.1) is 0 Å². The van der Waals surface area contributed by atoms with Crippen LogP contribution in [-0.4, -0.2) is 47.3 Å². The molecule has 0 saturated carbocycles. The molecule has 1 saturated heterocycles. The smallest absolute Gasteiger partial charge is 0.417 e. The summed E-state index contributed by atoms with van der Waals surface area (Å²) in [7, 11) is 0. The first-order valence-corrected chi connectivity index (χ1v) is 9.60. The number of halogens is 5. The van der Waals surface area contributed by atoms with Crippen molar-refractivity contribution in [1.29, 1.82) is 0 Å². The lowest BCUT2D eigenvalue weighted by Gasteiger charge is -2.32. The molecule has 0 spiro atoms. The summed E-state index contributed by atoms with van der Waals surface area (Å²) >= 11 is 0. The van der Waals surface area contributed by atoms with E-state index in [2.05, 4.69) is 10.5 Å². The Labute approximate surface area is 179 Å². The standard InChI is InChI=1S/C20H21F5N2O5/c1-9-8-31-27-17(9)26-18(29)16-13(10(2)19(3,32-16)20(23,24)25)11-4-5-12(21)14(22)15(11)30-7-6-28/h4-5,8,10,13,16,28H,6-7H2,1-3H3,(H,26,27,29)/t10-,13-,16+,19+/m0/s1. The van der Waals surface area contributed by atoms with Crippen LogP contribution in [0.3, 0.4) is 0 Å². The maximum absolute atomic E-state index is 14.5. The number of hydrogen-bond donors (Lipinski definition) is 2. The second-order valence-electron chi connectivity index (χ2n) is 7.64. The number of hydrogen-bond acceptors (Lipinski definition) is 6. The molecule has 32 heavy (non-hydrogen) atoms. The SMILES string of the molecule is Cc1conc1NC(=O)[C@@H]1O[C@@](C)(C(F)(F)F)[C@@H](C)[C@H]1c1ccc(F)c(F)c1OCCO. The number of aromatic nitrogens is 1. The Bertz CT molecular complexity index is 995. The van der Waals surface area contributed by atoms with E-state index >= 15 is 0 Å².